The van der Waals surface area contributed by atoms with Crippen molar-refractivity contribution < 1.29 is 9.59 Å². The Hall–Kier alpha value is -3.94. The lowest BCUT2D eigenvalue weighted by atomic mass is 9.97. The normalized spacial score (nSPS) is 15.1. The van der Waals surface area contributed by atoms with Crippen LogP contribution in [-0.4, -0.2) is 38.9 Å². The first-order chi connectivity index (χ1) is 19.0. The molecule has 204 valence electrons. The van der Waals surface area contributed by atoms with Crippen molar-refractivity contribution in [3.8, 4) is 0 Å². The summed E-state index contributed by atoms with van der Waals surface area (Å²) in [6.45, 7) is 1.74. The van der Waals surface area contributed by atoms with Gasteiger partial charge >= 0.3 is 5.69 Å². The SMILES string of the molecule is O=C(Cn1c(=O)n(CCCC(=O)N2CCc3ccccc3C2)c(=O)c2ccccc21)NCCC1=CCCCC1. The van der Waals surface area contributed by atoms with Gasteiger partial charge in [-0.1, -0.05) is 48.0 Å². The summed E-state index contributed by atoms with van der Waals surface area (Å²) in [6, 6.07) is 15.0. The third kappa shape index (κ3) is 6.21. The maximum absolute atomic E-state index is 13.4. The standard InChI is InChI=1S/C31H36N4O4/c36-28(32-18-16-23-9-2-1-3-10-23)22-35-27-14-7-6-13-26(27)30(38)34(31(35)39)19-8-15-29(37)33-20-17-24-11-4-5-12-25(24)21-33/h4-7,9,11-14H,1-3,8,10,15-22H2,(H,32,36). The highest BCUT2D eigenvalue weighted by atomic mass is 16.2. The molecule has 0 unspecified atom stereocenters. The minimum atomic E-state index is -0.525. The van der Waals surface area contributed by atoms with Crippen molar-refractivity contribution in [2.24, 2.45) is 0 Å². The van der Waals surface area contributed by atoms with E-state index in [4.69, 9.17) is 0 Å². The molecule has 2 amide bonds. The van der Waals surface area contributed by atoms with Gasteiger partial charge in [-0.15, -0.1) is 0 Å². The van der Waals surface area contributed by atoms with Crippen LogP contribution in [0, 0.1) is 0 Å². The van der Waals surface area contributed by atoms with Crippen LogP contribution in [0.1, 0.15) is 56.1 Å². The molecule has 0 bridgehead atoms. The maximum Gasteiger partial charge on any atom is 0.331 e. The first-order valence-corrected chi connectivity index (χ1v) is 14.0. The summed E-state index contributed by atoms with van der Waals surface area (Å²) in [5, 5.41) is 3.31. The van der Waals surface area contributed by atoms with E-state index in [1.807, 2.05) is 17.0 Å². The highest BCUT2D eigenvalue weighted by molar-refractivity contribution is 5.81. The van der Waals surface area contributed by atoms with E-state index in [-0.39, 0.29) is 31.3 Å². The van der Waals surface area contributed by atoms with Gasteiger partial charge in [0.05, 0.1) is 10.9 Å². The van der Waals surface area contributed by atoms with Crippen LogP contribution in [0.5, 0.6) is 0 Å². The van der Waals surface area contributed by atoms with Crippen LogP contribution in [0.4, 0.5) is 0 Å². The fourth-order valence-corrected chi connectivity index (χ4v) is 5.67. The van der Waals surface area contributed by atoms with Crippen LogP contribution < -0.4 is 16.6 Å². The molecule has 1 aromatic heterocycles. The summed E-state index contributed by atoms with van der Waals surface area (Å²) in [5.41, 5.74) is 3.34. The molecule has 2 heterocycles. The van der Waals surface area contributed by atoms with E-state index in [0.717, 1.165) is 25.7 Å². The molecule has 2 aromatic carbocycles. The number of nitrogens with one attached hydrogen (secondary N) is 1. The van der Waals surface area contributed by atoms with Crippen LogP contribution in [0.25, 0.3) is 10.9 Å². The molecule has 0 atom stereocenters. The van der Waals surface area contributed by atoms with Gasteiger partial charge in [0.2, 0.25) is 11.8 Å². The van der Waals surface area contributed by atoms with E-state index in [1.165, 1.54) is 38.7 Å². The summed E-state index contributed by atoms with van der Waals surface area (Å²) < 4.78 is 2.54. The Morgan fingerprint density at radius 3 is 2.51 bits per heavy atom. The van der Waals surface area contributed by atoms with Gasteiger partial charge in [-0.3, -0.25) is 23.5 Å². The van der Waals surface area contributed by atoms with Crippen molar-refractivity contribution in [2.75, 3.05) is 13.1 Å². The minimum Gasteiger partial charge on any atom is -0.354 e. The number of para-hydroxylation sites is 1. The van der Waals surface area contributed by atoms with Crippen LogP contribution in [0.3, 0.4) is 0 Å². The summed E-state index contributed by atoms with van der Waals surface area (Å²) in [7, 11) is 0. The molecule has 3 aromatic rings. The number of amides is 2. The van der Waals surface area contributed by atoms with Gasteiger partial charge in [0.1, 0.15) is 6.54 Å². The van der Waals surface area contributed by atoms with E-state index in [0.29, 0.717) is 37.0 Å². The second-order valence-electron chi connectivity index (χ2n) is 10.5. The third-order valence-electron chi connectivity index (χ3n) is 7.84. The molecule has 1 aliphatic heterocycles. The number of rotatable bonds is 9. The van der Waals surface area contributed by atoms with Crippen molar-refractivity contribution in [1.82, 2.24) is 19.4 Å². The van der Waals surface area contributed by atoms with E-state index >= 15 is 0 Å². The smallest absolute Gasteiger partial charge is 0.331 e. The van der Waals surface area contributed by atoms with Crippen molar-refractivity contribution in [2.45, 2.75) is 71.0 Å². The highest BCUT2D eigenvalue weighted by Gasteiger charge is 2.21. The number of fused-ring (bicyclic) bond motifs is 2. The number of carbonyl (C=O) groups is 2. The number of hydrogen-bond acceptors (Lipinski definition) is 4. The molecule has 5 rings (SSSR count). The largest absolute Gasteiger partial charge is 0.354 e. The van der Waals surface area contributed by atoms with Gasteiger partial charge in [0.15, 0.2) is 0 Å². The highest BCUT2D eigenvalue weighted by Crippen LogP contribution is 2.20. The summed E-state index contributed by atoms with van der Waals surface area (Å²) in [4.78, 5) is 54.1. The van der Waals surface area contributed by atoms with Crippen molar-refractivity contribution >= 4 is 22.7 Å². The van der Waals surface area contributed by atoms with Gasteiger partial charge in [0, 0.05) is 32.6 Å². The topological polar surface area (TPSA) is 93.4 Å². The molecule has 0 saturated carbocycles. The fourth-order valence-electron chi connectivity index (χ4n) is 5.67. The number of allylic oxidation sites excluding steroid dienone is 1. The molecule has 1 N–H and O–H groups in total. The summed E-state index contributed by atoms with van der Waals surface area (Å²) in [5.74, 6) is -0.240. The van der Waals surface area contributed by atoms with Crippen LogP contribution in [-0.2, 0) is 35.6 Å². The average molecular weight is 529 g/mol. The quantitative estimate of drug-likeness (QED) is 0.430. The van der Waals surface area contributed by atoms with E-state index in [1.54, 1.807) is 24.3 Å². The molecule has 2 aliphatic rings. The summed E-state index contributed by atoms with van der Waals surface area (Å²) in [6.07, 6.45) is 9.13. The molecule has 39 heavy (non-hydrogen) atoms. The number of hydrogen-bond donors (Lipinski definition) is 1. The third-order valence-corrected chi connectivity index (χ3v) is 7.84. The van der Waals surface area contributed by atoms with Crippen molar-refractivity contribution in [1.29, 1.82) is 0 Å². The van der Waals surface area contributed by atoms with Crippen LogP contribution in [0.15, 0.2) is 69.8 Å². The first-order valence-electron chi connectivity index (χ1n) is 14.0. The first kappa shape index (κ1) is 26.7. The fraction of sp³-hybridized carbons (Fsp3) is 0.419. The van der Waals surface area contributed by atoms with Crippen LogP contribution in [0.2, 0.25) is 0 Å². The Morgan fingerprint density at radius 1 is 0.897 bits per heavy atom. The van der Waals surface area contributed by atoms with E-state index in [9.17, 15) is 19.2 Å². The Kier molecular flexibility index (Phi) is 8.39. The number of aromatic nitrogens is 2. The maximum atomic E-state index is 13.4. The Labute approximate surface area is 227 Å². The van der Waals surface area contributed by atoms with Gasteiger partial charge in [-0.25, -0.2) is 4.79 Å². The molecule has 0 spiro atoms. The monoisotopic (exact) mass is 528 g/mol. The zero-order valence-corrected chi connectivity index (χ0v) is 22.4. The molecular weight excluding hydrogens is 492 g/mol. The Bertz CT molecular complexity index is 1520. The van der Waals surface area contributed by atoms with Gasteiger partial charge in [-0.05, 0) is 68.2 Å². The second-order valence-corrected chi connectivity index (χ2v) is 10.5. The number of benzene rings is 2. The Balaban J connectivity index is 1.25. The molecule has 0 saturated heterocycles. The lowest BCUT2D eigenvalue weighted by Gasteiger charge is -2.29. The van der Waals surface area contributed by atoms with Crippen molar-refractivity contribution in [3.05, 3.63) is 92.1 Å². The minimum absolute atomic E-state index is 0.0196. The number of carbonyl (C=O) groups excluding carboxylic acids is 2. The van der Waals surface area contributed by atoms with Crippen LogP contribution >= 0.6 is 0 Å². The van der Waals surface area contributed by atoms with Gasteiger partial charge in [0.25, 0.3) is 5.56 Å². The van der Waals surface area contributed by atoms with Gasteiger partial charge in [-0.2, -0.15) is 0 Å². The molecular formula is C31H36N4O4. The predicted molar refractivity (Wildman–Crippen MR) is 151 cm³/mol. The zero-order valence-electron chi connectivity index (χ0n) is 22.4. The molecule has 0 radical (unpaired) electrons. The zero-order chi connectivity index (χ0) is 27.2. The average Bonchev–Trinajstić information content (AvgIpc) is 2.97. The lowest BCUT2D eigenvalue weighted by molar-refractivity contribution is -0.132. The second kappa shape index (κ2) is 12.3. The molecule has 8 nitrogen and oxygen atoms in total. The molecule has 8 heteroatoms. The molecule has 1 aliphatic carbocycles. The van der Waals surface area contributed by atoms with E-state index < -0.39 is 11.2 Å². The van der Waals surface area contributed by atoms with Gasteiger partial charge < -0.3 is 10.2 Å². The molecule has 0 fully saturated rings. The van der Waals surface area contributed by atoms with E-state index in [2.05, 4.69) is 23.5 Å². The Morgan fingerprint density at radius 2 is 1.69 bits per heavy atom. The number of nitrogens with zero attached hydrogens (tertiary/aromatic N) is 3. The predicted octanol–water partition coefficient (Wildman–Crippen LogP) is 3.54. The summed E-state index contributed by atoms with van der Waals surface area (Å²) >= 11 is 0. The van der Waals surface area contributed by atoms with Crippen molar-refractivity contribution in [3.63, 3.8) is 0 Å². The lowest BCUT2D eigenvalue weighted by Crippen LogP contribution is -2.43.